The molecule has 0 spiro atoms. The van der Waals surface area contributed by atoms with Crippen LogP contribution in [0.3, 0.4) is 0 Å². The smallest absolute Gasteiger partial charge is 0.0173 e. The average Bonchev–Trinajstić information content (AvgIpc) is 2.59. The van der Waals surface area contributed by atoms with E-state index in [4.69, 9.17) is 0 Å². The predicted octanol–water partition coefficient (Wildman–Crippen LogP) is 5.23. The first-order valence-corrected chi connectivity index (χ1v) is 9.18. The molecule has 0 aromatic heterocycles. The summed E-state index contributed by atoms with van der Waals surface area (Å²) in [6.07, 6.45) is 3.15. The third-order valence-electron chi connectivity index (χ3n) is 11.8. The van der Waals surface area contributed by atoms with Crippen LogP contribution < -0.4 is 0 Å². The normalized spacial score (nSPS) is 79.7. The number of hydrogen-bond donors (Lipinski definition) is 0. The molecule has 0 aromatic carbocycles. The second kappa shape index (κ2) is 2.79. The Kier molecular flexibility index (Phi) is 1.75. The van der Waals surface area contributed by atoms with Gasteiger partial charge in [-0.2, -0.15) is 0 Å². The maximum Gasteiger partial charge on any atom is -0.0173 e. The van der Waals surface area contributed by atoms with Gasteiger partial charge in [0.1, 0.15) is 0 Å². The first kappa shape index (κ1) is 12.5. The highest BCUT2D eigenvalue weighted by molar-refractivity contribution is 5.38. The van der Waals surface area contributed by atoms with Crippen molar-refractivity contribution in [2.45, 2.75) is 61.3 Å². The van der Waals surface area contributed by atoms with Crippen molar-refractivity contribution in [2.75, 3.05) is 0 Å². The summed E-state index contributed by atoms with van der Waals surface area (Å²) in [4.78, 5) is 0. The number of fused-ring (bicyclic) bond motifs is 1. The van der Waals surface area contributed by atoms with Crippen LogP contribution in [0.25, 0.3) is 0 Å². The van der Waals surface area contributed by atoms with Crippen LogP contribution in [0.2, 0.25) is 0 Å². The van der Waals surface area contributed by atoms with Crippen LogP contribution in [0, 0.1) is 63.1 Å². The van der Waals surface area contributed by atoms with Gasteiger partial charge in [0.05, 0.1) is 0 Å². The summed E-state index contributed by atoms with van der Waals surface area (Å²) in [6, 6.07) is 0. The summed E-state index contributed by atoms with van der Waals surface area (Å²) in [6.45, 7) is 18.8. The zero-order chi connectivity index (χ0) is 14.5. The minimum Gasteiger partial charge on any atom is -0.0620 e. The molecule has 8 rings (SSSR count). The summed E-state index contributed by atoms with van der Waals surface area (Å²) >= 11 is 0. The summed E-state index contributed by atoms with van der Waals surface area (Å²) < 4.78 is 0. The van der Waals surface area contributed by atoms with E-state index >= 15 is 0 Å². The van der Waals surface area contributed by atoms with E-state index in [-0.39, 0.29) is 0 Å². The van der Waals surface area contributed by atoms with Gasteiger partial charge in [0.15, 0.2) is 0 Å². The monoisotopic (exact) mass is 272 g/mol. The highest BCUT2D eigenvalue weighted by atomic mass is 14.9. The Morgan fingerprint density at radius 2 is 1.30 bits per heavy atom. The Bertz CT molecular complexity index is 513. The van der Waals surface area contributed by atoms with E-state index in [0.29, 0.717) is 21.7 Å². The standard InChI is InChI=1S/C20H32/c1-10-11(2)19(6)18(5)12(3)17(4)14-9-15(18)16(8-13(10)14)20(17,19)7/h10-16H,8-9H2,1-7H3. The van der Waals surface area contributed by atoms with Gasteiger partial charge in [0, 0.05) is 0 Å². The van der Waals surface area contributed by atoms with E-state index < -0.39 is 0 Å². The molecule has 0 aliphatic heterocycles. The van der Waals surface area contributed by atoms with Crippen molar-refractivity contribution in [3.05, 3.63) is 0 Å². The van der Waals surface area contributed by atoms with Crippen LogP contribution >= 0.6 is 0 Å². The molecule has 0 radical (unpaired) electrons. The summed E-state index contributed by atoms with van der Waals surface area (Å²) in [5.74, 6) is 6.96. The Labute approximate surface area is 125 Å². The van der Waals surface area contributed by atoms with E-state index in [1.807, 2.05) is 0 Å². The lowest BCUT2D eigenvalue weighted by Gasteiger charge is -2.70. The lowest BCUT2D eigenvalue weighted by atomic mass is 9.34. The first-order valence-electron chi connectivity index (χ1n) is 9.18. The van der Waals surface area contributed by atoms with E-state index in [9.17, 15) is 0 Å². The summed E-state index contributed by atoms with van der Waals surface area (Å²) in [5.41, 5.74) is 2.42. The maximum absolute atomic E-state index is 2.75. The molecule has 0 nitrogen and oxygen atoms in total. The van der Waals surface area contributed by atoms with Gasteiger partial charge in [0.2, 0.25) is 0 Å². The van der Waals surface area contributed by atoms with Crippen molar-refractivity contribution in [3.8, 4) is 0 Å². The molecular weight excluding hydrogens is 240 g/mol. The summed E-state index contributed by atoms with van der Waals surface area (Å²) in [7, 11) is 0. The van der Waals surface area contributed by atoms with Crippen LogP contribution in [0.4, 0.5) is 0 Å². The van der Waals surface area contributed by atoms with Crippen molar-refractivity contribution in [1.29, 1.82) is 0 Å². The molecule has 0 heteroatoms. The molecule has 112 valence electrons. The fourth-order valence-electron chi connectivity index (χ4n) is 10.5. The molecule has 0 aromatic rings. The molecule has 8 bridgehead atoms. The fourth-order valence-corrected chi connectivity index (χ4v) is 10.5. The molecule has 0 heterocycles. The number of hydrogen-bond acceptors (Lipinski definition) is 0. The zero-order valence-corrected chi connectivity index (χ0v) is 14.5. The SMILES string of the molecule is CC1C2CC3C4CC2C2(C)C(C)C4(C)C(C)(C1C)C32C. The molecule has 0 saturated heterocycles. The molecule has 8 aliphatic carbocycles. The Morgan fingerprint density at radius 1 is 0.700 bits per heavy atom. The van der Waals surface area contributed by atoms with Gasteiger partial charge in [-0.05, 0) is 75.9 Å². The quantitative estimate of drug-likeness (QED) is 0.566. The van der Waals surface area contributed by atoms with E-state index in [1.54, 1.807) is 12.8 Å². The first-order chi connectivity index (χ1) is 9.18. The molecule has 8 fully saturated rings. The van der Waals surface area contributed by atoms with Crippen molar-refractivity contribution in [1.82, 2.24) is 0 Å². The van der Waals surface area contributed by atoms with Crippen LogP contribution in [-0.4, -0.2) is 0 Å². The summed E-state index contributed by atoms with van der Waals surface area (Å²) in [5, 5.41) is 0. The van der Waals surface area contributed by atoms with Crippen molar-refractivity contribution >= 4 is 0 Å². The van der Waals surface area contributed by atoms with Crippen molar-refractivity contribution in [3.63, 3.8) is 0 Å². The molecule has 8 saturated carbocycles. The third kappa shape index (κ3) is 0.687. The van der Waals surface area contributed by atoms with Crippen LogP contribution in [-0.2, 0) is 0 Å². The fraction of sp³-hybridized carbons (Fsp3) is 1.00. The largest absolute Gasteiger partial charge is 0.0620 e. The lowest BCUT2D eigenvalue weighted by molar-refractivity contribution is -0.227. The second-order valence-electron chi connectivity index (χ2n) is 10.3. The van der Waals surface area contributed by atoms with E-state index in [2.05, 4.69) is 48.5 Å². The van der Waals surface area contributed by atoms with Gasteiger partial charge in [0.25, 0.3) is 0 Å². The van der Waals surface area contributed by atoms with Gasteiger partial charge < -0.3 is 0 Å². The zero-order valence-electron chi connectivity index (χ0n) is 14.5. The molecule has 0 amide bonds. The molecule has 8 aliphatic rings. The molecule has 11 atom stereocenters. The third-order valence-corrected chi connectivity index (χ3v) is 11.8. The Balaban J connectivity index is 1.94. The Hall–Kier alpha value is 0. The highest BCUT2D eigenvalue weighted by Gasteiger charge is 2.91. The highest BCUT2D eigenvalue weighted by Crippen LogP contribution is 2.96. The van der Waals surface area contributed by atoms with E-state index in [1.165, 1.54) is 0 Å². The molecular formula is C20H32. The topological polar surface area (TPSA) is 0 Å². The van der Waals surface area contributed by atoms with Crippen molar-refractivity contribution in [2.24, 2.45) is 63.1 Å². The van der Waals surface area contributed by atoms with Gasteiger partial charge in [-0.3, -0.25) is 0 Å². The molecule has 0 N–H and O–H groups in total. The van der Waals surface area contributed by atoms with Crippen LogP contribution in [0.15, 0.2) is 0 Å². The van der Waals surface area contributed by atoms with Crippen LogP contribution in [0.1, 0.15) is 61.3 Å². The molecule has 11 unspecified atom stereocenters. The van der Waals surface area contributed by atoms with Gasteiger partial charge in [-0.15, -0.1) is 0 Å². The van der Waals surface area contributed by atoms with Crippen molar-refractivity contribution < 1.29 is 0 Å². The lowest BCUT2D eigenvalue weighted by Crippen LogP contribution is -2.65. The minimum atomic E-state index is 0.572. The van der Waals surface area contributed by atoms with Crippen LogP contribution in [0.5, 0.6) is 0 Å². The van der Waals surface area contributed by atoms with Gasteiger partial charge >= 0.3 is 0 Å². The minimum absolute atomic E-state index is 0.572. The molecule has 20 heavy (non-hydrogen) atoms. The van der Waals surface area contributed by atoms with Gasteiger partial charge in [-0.25, -0.2) is 0 Å². The van der Waals surface area contributed by atoms with Gasteiger partial charge in [-0.1, -0.05) is 48.5 Å². The van der Waals surface area contributed by atoms with E-state index in [0.717, 1.165) is 41.4 Å². The Morgan fingerprint density at radius 3 is 1.95 bits per heavy atom. The second-order valence-corrected chi connectivity index (χ2v) is 10.3. The number of rotatable bonds is 0. The predicted molar refractivity (Wildman–Crippen MR) is 83.1 cm³/mol. The average molecular weight is 272 g/mol. The maximum atomic E-state index is 2.75.